The van der Waals surface area contributed by atoms with Crippen LogP contribution in [0.5, 0.6) is 0 Å². The number of aliphatic hydroxyl groups excluding tert-OH is 1. The van der Waals surface area contributed by atoms with Crippen LogP contribution in [0, 0.1) is 0 Å². The van der Waals surface area contributed by atoms with Gasteiger partial charge in [0.2, 0.25) is 0 Å². The number of hydrogen-bond donors (Lipinski definition) is 1. The summed E-state index contributed by atoms with van der Waals surface area (Å²) in [5, 5.41) is 9.92. The van der Waals surface area contributed by atoms with Crippen molar-refractivity contribution in [2.24, 2.45) is 0 Å². The lowest BCUT2D eigenvalue weighted by atomic mass is 9.97. The molecule has 1 aliphatic rings. The smallest absolute Gasteiger partial charge is 0.392 e. The number of hydrogen-bond acceptors (Lipinski definition) is 4. The molecule has 0 aliphatic carbocycles. The van der Waals surface area contributed by atoms with Crippen molar-refractivity contribution < 1.29 is 18.3 Å². The van der Waals surface area contributed by atoms with Gasteiger partial charge in [-0.3, -0.25) is 9.88 Å². The number of thiazole rings is 1. The van der Waals surface area contributed by atoms with Crippen LogP contribution in [0.4, 0.5) is 13.2 Å². The number of β-amino-alcohol motifs (C(OH)–C–C–N with tert-alkyl or cyclic N) is 1. The molecule has 0 saturated carbocycles. The van der Waals surface area contributed by atoms with Crippen LogP contribution in [-0.4, -0.2) is 27.6 Å². The first-order valence-corrected chi connectivity index (χ1v) is 7.78. The average molecular weight is 328 g/mol. The van der Waals surface area contributed by atoms with Crippen molar-refractivity contribution in [3.05, 3.63) is 52.0 Å². The van der Waals surface area contributed by atoms with E-state index in [1.807, 2.05) is 4.90 Å². The Morgan fingerprint density at radius 2 is 2.09 bits per heavy atom. The standard InChI is InChI=1S/C15H15F3N2OS/c16-15(17,18)13-4-2-1-3-12(13)14-5-10(21)7-20(14)8-11-6-19-9-22-11/h1-4,6,9-10,14,21H,5,7-8H2/t10-,14+/m1/s1. The summed E-state index contributed by atoms with van der Waals surface area (Å²) in [6, 6.07) is 5.18. The van der Waals surface area contributed by atoms with Crippen molar-refractivity contribution in [2.45, 2.75) is 31.3 Å². The molecule has 2 aromatic rings. The molecule has 0 spiro atoms. The second-order valence-corrected chi connectivity index (χ2v) is 6.36. The summed E-state index contributed by atoms with van der Waals surface area (Å²) >= 11 is 1.46. The van der Waals surface area contributed by atoms with Crippen molar-refractivity contribution in [1.29, 1.82) is 0 Å². The molecule has 0 unspecified atom stereocenters. The van der Waals surface area contributed by atoms with E-state index in [2.05, 4.69) is 4.98 Å². The summed E-state index contributed by atoms with van der Waals surface area (Å²) in [6.45, 7) is 0.868. The van der Waals surface area contributed by atoms with Crippen molar-refractivity contribution in [3.8, 4) is 0 Å². The molecule has 1 saturated heterocycles. The number of halogens is 3. The highest BCUT2D eigenvalue weighted by molar-refractivity contribution is 7.09. The summed E-state index contributed by atoms with van der Waals surface area (Å²) in [7, 11) is 0. The second kappa shape index (κ2) is 5.98. The first kappa shape index (κ1) is 15.5. The fourth-order valence-corrected chi connectivity index (χ4v) is 3.56. The maximum absolute atomic E-state index is 13.2. The van der Waals surface area contributed by atoms with Gasteiger partial charge in [0.1, 0.15) is 0 Å². The third-order valence-corrected chi connectivity index (χ3v) is 4.61. The Morgan fingerprint density at radius 1 is 1.32 bits per heavy atom. The third-order valence-electron chi connectivity index (χ3n) is 3.85. The van der Waals surface area contributed by atoms with E-state index in [0.29, 0.717) is 19.5 Å². The maximum Gasteiger partial charge on any atom is 0.416 e. The van der Waals surface area contributed by atoms with E-state index in [9.17, 15) is 18.3 Å². The lowest BCUT2D eigenvalue weighted by Gasteiger charge is -2.26. The fraction of sp³-hybridized carbons (Fsp3) is 0.400. The topological polar surface area (TPSA) is 36.4 Å². The van der Waals surface area contributed by atoms with Gasteiger partial charge in [-0.25, -0.2) is 0 Å². The van der Waals surface area contributed by atoms with Gasteiger partial charge in [-0.1, -0.05) is 18.2 Å². The van der Waals surface area contributed by atoms with Gasteiger partial charge >= 0.3 is 6.18 Å². The van der Waals surface area contributed by atoms with Crippen LogP contribution in [0.15, 0.2) is 36.0 Å². The predicted molar refractivity (Wildman–Crippen MR) is 77.3 cm³/mol. The average Bonchev–Trinajstić information content (AvgIpc) is 3.08. The number of aromatic nitrogens is 1. The fourth-order valence-electron chi connectivity index (χ4n) is 2.94. The summed E-state index contributed by atoms with van der Waals surface area (Å²) in [6.07, 6.45) is -2.98. The highest BCUT2D eigenvalue weighted by Crippen LogP contribution is 2.41. The van der Waals surface area contributed by atoms with Crippen LogP contribution < -0.4 is 0 Å². The minimum Gasteiger partial charge on any atom is -0.392 e. The molecular formula is C15H15F3N2OS. The molecule has 0 amide bonds. The Labute approximate surface area is 130 Å². The number of nitrogens with zero attached hydrogens (tertiary/aromatic N) is 2. The zero-order valence-electron chi connectivity index (χ0n) is 11.6. The molecule has 3 nitrogen and oxygen atoms in total. The Hall–Kier alpha value is -1.44. The normalized spacial score (nSPS) is 23.1. The Kier molecular flexibility index (Phi) is 4.20. The SMILES string of the molecule is O[C@@H]1C[C@@H](c2ccccc2C(F)(F)F)N(Cc2cncs2)C1. The van der Waals surface area contributed by atoms with Gasteiger partial charge in [0.25, 0.3) is 0 Å². The van der Waals surface area contributed by atoms with Crippen LogP contribution in [0.2, 0.25) is 0 Å². The van der Waals surface area contributed by atoms with Gasteiger partial charge in [0, 0.05) is 30.2 Å². The number of alkyl halides is 3. The second-order valence-electron chi connectivity index (χ2n) is 5.39. The van der Waals surface area contributed by atoms with Crippen molar-refractivity contribution >= 4 is 11.3 Å². The lowest BCUT2D eigenvalue weighted by Crippen LogP contribution is -2.25. The zero-order chi connectivity index (χ0) is 15.7. The molecule has 1 aromatic carbocycles. The molecule has 7 heteroatoms. The van der Waals surface area contributed by atoms with E-state index in [1.54, 1.807) is 17.8 Å². The largest absolute Gasteiger partial charge is 0.416 e. The molecule has 0 bridgehead atoms. The monoisotopic (exact) mass is 328 g/mol. The van der Waals surface area contributed by atoms with E-state index in [0.717, 1.165) is 10.9 Å². The third kappa shape index (κ3) is 3.16. The summed E-state index contributed by atoms with van der Waals surface area (Å²) in [5.41, 5.74) is 1.31. The maximum atomic E-state index is 13.2. The molecule has 22 heavy (non-hydrogen) atoms. The summed E-state index contributed by atoms with van der Waals surface area (Å²) in [4.78, 5) is 6.85. The number of likely N-dealkylation sites (tertiary alicyclic amines) is 1. The molecule has 1 aliphatic heterocycles. The molecule has 2 heterocycles. The first-order valence-electron chi connectivity index (χ1n) is 6.91. The summed E-state index contributed by atoms with van der Waals surface area (Å²) in [5.74, 6) is 0. The molecule has 3 rings (SSSR count). The van der Waals surface area contributed by atoms with Gasteiger partial charge in [-0.15, -0.1) is 11.3 Å². The lowest BCUT2D eigenvalue weighted by molar-refractivity contribution is -0.138. The van der Waals surface area contributed by atoms with Gasteiger partial charge < -0.3 is 5.11 Å². The van der Waals surface area contributed by atoms with Crippen molar-refractivity contribution in [2.75, 3.05) is 6.54 Å². The molecule has 1 aromatic heterocycles. The van der Waals surface area contributed by atoms with Crippen molar-refractivity contribution in [3.63, 3.8) is 0 Å². The highest BCUT2D eigenvalue weighted by Gasteiger charge is 2.39. The minimum atomic E-state index is -4.39. The molecule has 118 valence electrons. The summed E-state index contributed by atoms with van der Waals surface area (Å²) < 4.78 is 39.6. The number of aliphatic hydroxyl groups is 1. The van der Waals surface area contributed by atoms with Crippen LogP contribution >= 0.6 is 11.3 Å². The van der Waals surface area contributed by atoms with Gasteiger partial charge in [-0.2, -0.15) is 13.2 Å². The number of benzene rings is 1. The quantitative estimate of drug-likeness (QED) is 0.937. The van der Waals surface area contributed by atoms with E-state index in [1.165, 1.54) is 23.5 Å². The van der Waals surface area contributed by atoms with E-state index >= 15 is 0 Å². The van der Waals surface area contributed by atoms with Gasteiger partial charge in [0.05, 0.1) is 17.2 Å². The van der Waals surface area contributed by atoms with Crippen LogP contribution in [0.3, 0.4) is 0 Å². The van der Waals surface area contributed by atoms with E-state index in [4.69, 9.17) is 0 Å². The molecular weight excluding hydrogens is 313 g/mol. The number of rotatable bonds is 3. The van der Waals surface area contributed by atoms with E-state index in [-0.39, 0.29) is 5.56 Å². The van der Waals surface area contributed by atoms with Crippen LogP contribution in [0.25, 0.3) is 0 Å². The molecule has 1 fully saturated rings. The minimum absolute atomic E-state index is 0.232. The van der Waals surface area contributed by atoms with Gasteiger partial charge in [-0.05, 0) is 18.1 Å². The van der Waals surface area contributed by atoms with Gasteiger partial charge in [0.15, 0.2) is 0 Å². The molecule has 0 radical (unpaired) electrons. The highest BCUT2D eigenvalue weighted by atomic mass is 32.1. The first-order chi connectivity index (χ1) is 10.4. The Morgan fingerprint density at radius 3 is 2.77 bits per heavy atom. The molecule has 1 N–H and O–H groups in total. The molecule has 2 atom stereocenters. The van der Waals surface area contributed by atoms with Crippen LogP contribution in [0.1, 0.15) is 28.5 Å². The zero-order valence-corrected chi connectivity index (χ0v) is 12.4. The predicted octanol–water partition coefficient (Wildman–Crippen LogP) is 3.47. The van der Waals surface area contributed by atoms with Crippen LogP contribution in [-0.2, 0) is 12.7 Å². The van der Waals surface area contributed by atoms with E-state index < -0.39 is 23.9 Å². The Bertz CT molecular complexity index is 630. The van der Waals surface area contributed by atoms with Crippen molar-refractivity contribution in [1.82, 2.24) is 9.88 Å². The Balaban J connectivity index is 1.92.